The molecule has 1 N–H and O–H groups in total. The second kappa shape index (κ2) is 9.47. The number of carbonyl (C=O) groups is 2. The molecule has 1 aliphatic heterocycles. The molecule has 2 amide bonds. The fraction of sp³-hybridized carbons (Fsp3) is 0.286. The molecule has 0 aliphatic carbocycles. The predicted molar refractivity (Wildman–Crippen MR) is 113 cm³/mol. The highest BCUT2D eigenvalue weighted by Crippen LogP contribution is 2.39. The van der Waals surface area contributed by atoms with Crippen molar-refractivity contribution in [3.8, 4) is 11.5 Å². The molecule has 2 aromatic rings. The summed E-state index contributed by atoms with van der Waals surface area (Å²) in [4.78, 5) is 23.3. The van der Waals surface area contributed by atoms with Crippen molar-refractivity contribution in [2.45, 2.75) is 26.1 Å². The van der Waals surface area contributed by atoms with Crippen molar-refractivity contribution in [2.75, 3.05) is 13.2 Å². The van der Waals surface area contributed by atoms with E-state index >= 15 is 0 Å². The Morgan fingerprint density at radius 3 is 2.34 bits per heavy atom. The maximum absolute atomic E-state index is 12.0. The number of amidine groups is 1. The minimum atomic E-state index is -0.360. The number of nitrogens with one attached hydrogen (secondary N) is 1. The molecule has 1 heterocycles. The smallest absolute Gasteiger partial charge is 0.241 e. The summed E-state index contributed by atoms with van der Waals surface area (Å²) in [6.07, 6.45) is 0. The Hall–Kier alpha value is -3.00. The van der Waals surface area contributed by atoms with Gasteiger partial charge in [-0.3, -0.25) is 9.59 Å². The van der Waals surface area contributed by atoms with E-state index in [4.69, 9.17) is 9.47 Å². The van der Waals surface area contributed by atoms with Gasteiger partial charge in [0.2, 0.25) is 11.8 Å². The van der Waals surface area contributed by atoms with Gasteiger partial charge in [0.1, 0.15) is 30.1 Å². The first kappa shape index (κ1) is 20.7. The molecule has 3 rings (SSSR count). The second-order valence-corrected chi connectivity index (χ2v) is 7.57. The summed E-state index contributed by atoms with van der Waals surface area (Å²) in [5.41, 5.74) is 1.99. The van der Waals surface area contributed by atoms with E-state index in [1.807, 2.05) is 55.5 Å². The quantitative estimate of drug-likeness (QED) is 0.734. The van der Waals surface area contributed by atoms with Crippen LogP contribution in [0.4, 0.5) is 0 Å². The number of hydrazone groups is 1. The van der Waals surface area contributed by atoms with E-state index in [-0.39, 0.29) is 17.2 Å². The lowest BCUT2D eigenvalue weighted by atomic mass is 10.2. The van der Waals surface area contributed by atoms with E-state index in [1.165, 1.54) is 30.6 Å². The second-order valence-electron chi connectivity index (χ2n) is 6.51. The minimum absolute atomic E-state index is 0.208. The molecule has 8 heteroatoms. The van der Waals surface area contributed by atoms with Gasteiger partial charge in [-0.15, -0.1) is 5.10 Å². The van der Waals surface area contributed by atoms with Crippen LogP contribution in [-0.2, 0) is 9.59 Å². The zero-order valence-corrected chi connectivity index (χ0v) is 17.4. The SMILES string of the molecule is CC(=O)NC1=NN(C(C)=O)C(c2cccc(OCCOc3cccc(C)c3)c2)S1. The van der Waals surface area contributed by atoms with Gasteiger partial charge in [-0.25, -0.2) is 5.01 Å². The number of thioether (sulfide) groups is 1. The third-order valence-corrected chi connectivity index (χ3v) is 5.11. The van der Waals surface area contributed by atoms with Crippen molar-refractivity contribution in [1.82, 2.24) is 10.3 Å². The van der Waals surface area contributed by atoms with E-state index in [0.29, 0.717) is 24.1 Å². The van der Waals surface area contributed by atoms with E-state index in [1.54, 1.807) is 0 Å². The van der Waals surface area contributed by atoms with Crippen molar-refractivity contribution < 1.29 is 19.1 Å². The Morgan fingerprint density at radius 2 is 1.72 bits per heavy atom. The molecule has 0 fully saturated rings. The first-order chi connectivity index (χ1) is 13.9. The Morgan fingerprint density at radius 1 is 1.07 bits per heavy atom. The number of ether oxygens (including phenoxy) is 2. The molecule has 7 nitrogen and oxygen atoms in total. The van der Waals surface area contributed by atoms with Gasteiger partial charge in [-0.1, -0.05) is 36.0 Å². The molecule has 29 heavy (non-hydrogen) atoms. The third kappa shape index (κ3) is 5.74. The zero-order chi connectivity index (χ0) is 20.8. The van der Waals surface area contributed by atoms with Gasteiger partial charge in [-0.2, -0.15) is 0 Å². The van der Waals surface area contributed by atoms with Gasteiger partial charge in [0.25, 0.3) is 0 Å². The number of amides is 2. The van der Waals surface area contributed by atoms with Gasteiger partial charge in [0, 0.05) is 13.8 Å². The Kier molecular flexibility index (Phi) is 6.77. The van der Waals surface area contributed by atoms with Crippen molar-refractivity contribution >= 4 is 28.7 Å². The summed E-state index contributed by atoms with van der Waals surface area (Å²) in [7, 11) is 0. The molecule has 1 atom stereocenters. The first-order valence-electron chi connectivity index (χ1n) is 9.17. The van der Waals surface area contributed by atoms with E-state index in [0.717, 1.165) is 16.9 Å². The number of hydrogen-bond donors (Lipinski definition) is 1. The first-order valence-corrected chi connectivity index (χ1v) is 10.1. The third-order valence-electron chi connectivity index (χ3n) is 4.00. The number of carbonyl (C=O) groups excluding carboxylic acids is 2. The fourth-order valence-electron chi connectivity index (χ4n) is 2.76. The standard InChI is InChI=1S/C21H23N3O4S/c1-14-6-4-8-18(12-14)27-10-11-28-19-9-5-7-17(13-19)20-24(16(3)26)23-21(29-20)22-15(2)25/h4-9,12-13,20H,10-11H2,1-3H3,(H,22,23,25). The fourth-order valence-corrected chi connectivity index (χ4v) is 3.89. The van der Waals surface area contributed by atoms with Crippen LogP contribution in [0.2, 0.25) is 0 Å². The maximum Gasteiger partial charge on any atom is 0.241 e. The Labute approximate surface area is 174 Å². The molecular formula is C21H23N3O4S. The molecule has 0 saturated carbocycles. The summed E-state index contributed by atoms with van der Waals surface area (Å²) < 4.78 is 11.5. The molecule has 1 unspecified atom stereocenters. The van der Waals surface area contributed by atoms with Gasteiger partial charge >= 0.3 is 0 Å². The number of benzene rings is 2. The Bertz CT molecular complexity index is 932. The summed E-state index contributed by atoms with van der Waals surface area (Å²) in [6.45, 7) is 5.67. The normalized spacial score (nSPS) is 15.6. The summed E-state index contributed by atoms with van der Waals surface area (Å²) >= 11 is 1.31. The van der Waals surface area contributed by atoms with E-state index in [9.17, 15) is 9.59 Å². The highest BCUT2D eigenvalue weighted by molar-refractivity contribution is 8.14. The van der Waals surface area contributed by atoms with Crippen LogP contribution in [0.25, 0.3) is 0 Å². The van der Waals surface area contributed by atoms with E-state index in [2.05, 4.69) is 10.4 Å². The van der Waals surface area contributed by atoms with Crippen molar-refractivity contribution in [3.05, 3.63) is 59.7 Å². The number of nitrogens with zero attached hydrogens (tertiary/aromatic N) is 2. The van der Waals surface area contributed by atoms with Gasteiger partial charge in [0.15, 0.2) is 5.17 Å². The lowest BCUT2D eigenvalue weighted by Crippen LogP contribution is -2.25. The molecule has 0 spiro atoms. The van der Waals surface area contributed by atoms with Crippen LogP contribution in [0, 0.1) is 6.92 Å². The topological polar surface area (TPSA) is 80.2 Å². The predicted octanol–water partition coefficient (Wildman–Crippen LogP) is 3.45. The molecule has 0 bridgehead atoms. The lowest BCUT2D eigenvalue weighted by molar-refractivity contribution is -0.129. The minimum Gasteiger partial charge on any atom is -0.490 e. The Balaban J connectivity index is 1.60. The molecular weight excluding hydrogens is 390 g/mol. The summed E-state index contributed by atoms with van der Waals surface area (Å²) in [5, 5.41) is 8.23. The number of aryl methyl sites for hydroxylation is 1. The largest absolute Gasteiger partial charge is 0.490 e. The molecule has 0 radical (unpaired) electrons. The van der Waals surface area contributed by atoms with Crippen molar-refractivity contribution in [2.24, 2.45) is 5.10 Å². The molecule has 152 valence electrons. The monoisotopic (exact) mass is 413 g/mol. The van der Waals surface area contributed by atoms with Crippen LogP contribution in [0.5, 0.6) is 11.5 Å². The molecule has 2 aromatic carbocycles. The van der Waals surface area contributed by atoms with Crippen molar-refractivity contribution in [3.63, 3.8) is 0 Å². The summed E-state index contributed by atoms with van der Waals surface area (Å²) in [5.74, 6) is 1.05. The van der Waals surface area contributed by atoms with Gasteiger partial charge in [0.05, 0.1) is 0 Å². The maximum atomic E-state index is 12.0. The molecule has 0 aromatic heterocycles. The summed E-state index contributed by atoms with van der Waals surface area (Å²) in [6, 6.07) is 15.3. The van der Waals surface area contributed by atoms with Crippen LogP contribution in [0.15, 0.2) is 53.6 Å². The highest BCUT2D eigenvalue weighted by Gasteiger charge is 2.32. The van der Waals surface area contributed by atoms with Crippen LogP contribution in [0.3, 0.4) is 0 Å². The number of hydrogen-bond acceptors (Lipinski definition) is 6. The van der Waals surface area contributed by atoms with Crippen LogP contribution in [-0.4, -0.2) is 35.2 Å². The van der Waals surface area contributed by atoms with Crippen LogP contribution in [0.1, 0.15) is 30.3 Å². The van der Waals surface area contributed by atoms with Gasteiger partial charge in [-0.05, 0) is 42.3 Å². The van der Waals surface area contributed by atoms with Gasteiger partial charge < -0.3 is 14.8 Å². The zero-order valence-electron chi connectivity index (χ0n) is 16.5. The van der Waals surface area contributed by atoms with E-state index < -0.39 is 0 Å². The number of rotatable bonds is 6. The molecule has 0 saturated heterocycles. The average Bonchev–Trinajstić information content (AvgIpc) is 3.09. The average molecular weight is 413 g/mol. The van der Waals surface area contributed by atoms with Crippen molar-refractivity contribution in [1.29, 1.82) is 0 Å². The molecule has 1 aliphatic rings. The van der Waals surface area contributed by atoms with Crippen LogP contribution >= 0.6 is 11.8 Å². The van der Waals surface area contributed by atoms with Crippen LogP contribution < -0.4 is 14.8 Å². The lowest BCUT2D eigenvalue weighted by Gasteiger charge is -2.19. The highest BCUT2D eigenvalue weighted by atomic mass is 32.2.